The number of hydrogen-bond acceptors (Lipinski definition) is 6. The van der Waals surface area contributed by atoms with Crippen molar-refractivity contribution in [1.82, 2.24) is 39.7 Å². The minimum Gasteiger partial charge on any atom is -0.358 e. The molecule has 0 fully saturated rings. The van der Waals surface area contributed by atoms with E-state index < -0.39 is 0 Å². The van der Waals surface area contributed by atoms with Gasteiger partial charge in [-0.05, 0) is 37.1 Å². The van der Waals surface area contributed by atoms with E-state index >= 15 is 0 Å². The average Bonchev–Trinajstić information content (AvgIpc) is 3.61. The normalized spacial score (nSPS) is 11.6. The standard InChI is InChI=1S/C27H25N9/c1-15(2)17(4)31-19-7-18(9-28-10-19)21-5-6-22-26(33-21)27(35-34-22)23-8-20-24(32-23)11-29-12-25(20)36-13-16(3)30-14-36/h5-15,31-32H,4H2,1-3H3,(H,34,35). The van der Waals surface area contributed by atoms with Crippen LogP contribution in [0.4, 0.5) is 5.69 Å². The molecule has 0 saturated carbocycles. The number of hydrogen-bond donors (Lipinski definition) is 3. The van der Waals surface area contributed by atoms with Crippen molar-refractivity contribution in [3.05, 3.63) is 79.5 Å². The van der Waals surface area contributed by atoms with Gasteiger partial charge in [-0.15, -0.1) is 0 Å². The van der Waals surface area contributed by atoms with E-state index in [1.54, 1.807) is 12.5 Å². The number of H-pyrrole nitrogens is 2. The second-order valence-corrected chi connectivity index (χ2v) is 9.16. The second kappa shape index (κ2) is 8.46. The van der Waals surface area contributed by atoms with Gasteiger partial charge < -0.3 is 14.9 Å². The van der Waals surface area contributed by atoms with E-state index in [1.165, 1.54) is 0 Å². The molecule has 6 rings (SSSR count). The molecule has 0 aliphatic rings. The first kappa shape index (κ1) is 21.7. The summed E-state index contributed by atoms with van der Waals surface area (Å²) in [5.74, 6) is 0.321. The number of nitrogens with zero attached hydrogens (tertiary/aromatic N) is 6. The molecular weight excluding hydrogens is 450 g/mol. The molecule has 9 nitrogen and oxygen atoms in total. The van der Waals surface area contributed by atoms with Gasteiger partial charge in [-0.1, -0.05) is 20.4 Å². The Morgan fingerprint density at radius 3 is 2.72 bits per heavy atom. The highest BCUT2D eigenvalue weighted by atomic mass is 15.1. The van der Waals surface area contributed by atoms with E-state index in [-0.39, 0.29) is 0 Å². The van der Waals surface area contributed by atoms with Crippen LogP contribution in [0.3, 0.4) is 0 Å². The number of rotatable bonds is 6. The molecule has 0 aliphatic carbocycles. The minimum absolute atomic E-state index is 0.321. The number of fused-ring (bicyclic) bond motifs is 2. The van der Waals surface area contributed by atoms with Crippen molar-refractivity contribution in [3.63, 3.8) is 0 Å². The summed E-state index contributed by atoms with van der Waals surface area (Å²) in [4.78, 5) is 21.6. The van der Waals surface area contributed by atoms with Crippen LogP contribution in [-0.4, -0.2) is 39.7 Å². The van der Waals surface area contributed by atoms with E-state index in [2.05, 4.69) is 61.9 Å². The number of aromatic amines is 2. The van der Waals surface area contributed by atoms with Gasteiger partial charge in [0, 0.05) is 29.0 Å². The third-order valence-electron chi connectivity index (χ3n) is 6.21. The summed E-state index contributed by atoms with van der Waals surface area (Å²) >= 11 is 0. The molecule has 0 unspecified atom stereocenters. The van der Waals surface area contributed by atoms with Gasteiger partial charge >= 0.3 is 0 Å². The fourth-order valence-electron chi connectivity index (χ4n) is 4.15. The van der Waals surface area contributed by atoms with Gasteiger partial charge in [0.05, 0.1) is 64.4 Å². The van der Waals surface area contributed by atoms with Crippen molar-refractivity contribution in [2.24, 2.45) is 5.92 Å². The van der Waals surface area contributed by atoms with Crippen LogP contribution in [0, 0.1) is 12.8 Å². The topological polar surface area (TPSA) is 113 Å². The molecule has 9 heteroatoms. The largest absolute Gasteiger partial charge is 0.358 e. The van der Waals surface area contributed by atoms with Gasteiger partial charge in [-0.2, -0.15) is 5.10 Å². The molecule has 0 saturated heterocycles. The van der Waals surface area contributed by atoms with Crippen LogP contribution in [0.1, 0.15) is 19.5 Å². The van der Waals surface area contributed by atoms with Gasteiger partial charge in [0.2, 0.25) is 0 Å². The average molecular weight is 476 g/mol. The lowest BCUT2D eigenvalue weighted by molar-refractivity contribution is 0.778. The Bertz CT molecular complexity index is 1740. The maximum Gasteiger partial charge on any atom is 0.135 e. The lowest BCUT2D eigenvalue weighted by Gasteiger charge is -2.13. The van der Waals surface area contributed by atoms with E-state index in [9.17, 15) is 0 Å². The third-order valence-corrected chi connectivity index (χ3v) is 6.21. The highest BCUT2D eigenvalue weighted by Gasteiger charge is 2.16. The van der Waals surface area contributed by atoms with Crippen molar-refractivity contribution >= 4 is 27.6 Å². The van der Waals surface area contributed by atoms with Gasteiger partial charge in [0.25, 0.3) is 0 Å². The number of allylic oxidation sites excluding steroid dienone is 1. The van der Waals surface area contributed by atoms with Crippen molar-refractivity contribution < 1.29 is 0 Å². The number of aryl methyl sites for hydroxylation is 1. The van der Waals surface area contributed by atoms with Crippen LogP contribution in [0.15, 0.2) is 73.9 Å². The maximum absolute atomic E-state index is 4.96. The predicted molar refractivity (Wildman–Crippen MR) is 142 cm³/mol. The summed E-state index contributed by atoms with van der Waals surface area (Å²) in [7, 11) is 0. The summed E-state index contributed by atoms with van der Waals surface area (Å²) < 4.78 is 1.98. The van der Waals surface area contributed by atoms with Crippen molar-refractivity contribution in [2.45, 2.75) is 20.8 Å². The van der Waals surface area contributed by atoms with Crippen LogP contribution >= 0.6 is 0 Å². The Labute approximate surface area is 207 Å². The minimum atomic E-state index is 0.321. The molecule has 0 aliphatic heterocycles. The second-order valence-electron chi connectivity index (χ2n) is 9.16. The molecule has 6 aromatic rings. The fraction of sp³-hybridized carbons (Fsp3) is 0.148. The fourth-order valence-corrected chi connectivity index (χ4v) is 4.15. The highest BCUT2D eigenvalue weighted by Crippen LogP contribution is 2.31. The Kier molecular flexibility index (Phi) is 5.10. The molecule has 6 aromatic heterocycles. The Morgan fingerprint density at radius 2 is 1.92 bits per heavy atom. The molecule has 178 valence electrons. The van der Waals surface area contributed by atoms with Crippen molar-refractivity contribution in [3.8, 4) is 28.3 Å². The summed E-state index contributed by atoms with van der Waals surface area (Å²) in [5, 5.41) is 12.0. The van der Waals surface area contributed by atoms with E-state index in [1.807, 2.05) is 54.5 Å². The van der Waals surface area contributed by atoms with Crippen molar-refractivity contribution in [2.75, 3.05) is 5.32 Å². The Balaban J connectivity index is 1.41. The zero-order valence-corrected chi connectivity index (χ0v) is 20.2. The molecule has 0 aromatic carbocycles. The molecule has 0 atom stereocenters. The summed E-state index contributed by atoms with van der Waals surface area (Å²) in [6.07, 6.45) is 11.0. The number of anilines is 1. The van der Waals surface area contributed by atoms with Crippen molar-refractivity contribution in [1.29, 1.82) is 0 Å². The Hall–Kier alpha value is -4.79. The third kappa shape index (κ3) is 3.80. The summed E-state index contributed by atoms with van der Waals surface area (Å²) in [6, 6.07) is 8.07. The molecule has 0 radical (unpaired) electrons. The number of nitrogens with one attached hydrogen (secondary N) is 3. The SMILES string of the molecule is C=C(Nc1cncc(-c2ccc3[nH]nc(-c4cc5c(-n6cnc(C)c6)cncc5[nH]4)c3n2)c1)C(C)C. The van der Waals surface area contributed by atoms with Gasteiger partial charge in [0.15, 0.2) is 0 Å². The molecule has 3 N–H and O–H groups in total. The van der Waals surface area contributed by atoms with Gasteiger partial charge in [-0.25, -0.2) is 9.97 Å². The monoisotopic (exact) mass is 475 g/mol. The molecule has 0 bridgehead atoms. The lowest BCUT2D eigenvalue weighted by atomic mass is 10.1. The zero-order chi connectivity index (χ0) is 24.8. The van der Waals surface area contributed by atoms with Gasteiger partial charge in [-0.3, -0.25) is 15.1 Å². The van der Waals surface area contributed by atoms with Crippen LogP contribution in [-0.2, 0) is 0 Å². The van der Waals surface area contributed by atoms with E-state index in [0.29, 0.717) is 5.92 Å². The summed E-state index contributed by atoms with van der Waals surface area (Å²) in [5.41, 5.74) is 9.56. The molecular formula is C27H25N9. The van der Waals surface area contributed by atoms with E-state index in [0.717, 1.165) is 67.3 Å². The predicted octanol–water partition coefficient (Wildman–Crippen LogP) is 5.64. The van der Waals surface area contributed by atoms with Gasteiger partial charge in [0.1, 0.15) is 11.2 Å². The first-order chi connectivity index (χ1) is 17.5. The summed E-state index contributed by atoms with van der Waals surface area (Å²) in [6.45, 7) is 10.3. The molecule has 0 amide bonds. The maximum atomic E-state index is 4.96. The lowest BCUT2D eigenvalue weighted by Crippen LogP contribution is -2.04. The molecule has 36 heavy (non-hydrogen) atoms. The number of aromatic nitrogens is 8. The molecule has 6 heterocycles. The number of imidazole rings is 1. The highest BCUT2D eigenvalue weighted by molar-refractivity contribution is 5.96. The Morgan fingerprint density at radius 1 is 1.06 bits per heavy atom. The zero-order valence-electron chi connectivity index (χ0n) is 20.2. The first-order valence-corrected chi connectivity index (χ1v) is 11.7. The van der Waals surface area contributed by atoms with E-state index in [4.69, 9.17) is 4.98 Å². The van der Waals surface area contributed by atoms with Crippen LogP contribution in [0.2, 0.25) is 0 Å². The van der Waals surface area contributed by atoms with Crippen LogP contribution in [0.25, 0.3) is 50.3 Å². The van der Waals surface area contributed by atoms with Crippen LogP contribution in [0.5, 0.6) is 0 Å². The number of pyridine rings is 3. The van der Waals surface area contributed by atoms with Crippen LogP contribution < -0.4 is 5.32 Å². The first-order valence-electron chi connectivity index (χ1n) is 11.7. The smallest absolute Gasteiger partial charge is 0.135 e. The molecule has 0 spiro atoms. The quantitative estimate of drug-likeness (QED) is 0.287.